The van der Waals surface area contributed by atoms with Crippen molar-refractivity contribution in [3.05, 3.63) is 60.3 Å². The third-order valence-electron chi connectivity index (χ3n) is 5.26. The standard InChI is InChI=1S/C23H26N2/c1-23(2,3)19-8-5-16(6-9-19)17-7-12-21-18(15-17)13-14-24-22(21)25(4)20-10-11-20/h5-9,12-15,20H,10-11H2,1-4H3. The van der Waals surface area contributed by atoms with Gasteiger partial charge in [0, 0.05) is 24.7 Å². The van der Waals surface area contributed by atoms with Crippen molar-refractivity contribution in [3.63, 3.8) is 0 Å². The first-order valence-corrected chi connectivity index (χ1v) is 9.16. The first kappa shape index (κ1) is 16.1. The highest BCUT2D eigenvalue weighted by Crippen LogP contribution is 2.34. The van der Waals surface area contributed by atoms with E-state index in [9.17, 15) is 0 Å². The van der Waals surface area contributed by atoms with Crippen molar-refractivity contribution < 1.29 is 0 Å². The predicted octanol–water partition coefficient (Wildman–Crippen LogP) is 5.80. The number of hydrogen-bond donors (Lipinski definition) is 0. The molecule has 2 nitrogen and oxygen atoms in total. The number of rotatable bonds is 3. The van der Waals surface area contributed by atoms with Gasteiger partial charge in [-0.2, -0.15) is 0 Å². The zero-order valence-electron chi connectivity index (χ0n) is 15.6. The van der Waals surface area contributed by atoms with E-state index >= 15 is 0 Å². The van der Waals surface area contributed by atoms with E-state index in [1.165, 1.54) is 40.3 Å². The third-order valence-corrected chi connectivity index (χ3v) is 5.26. The molecule has 128 valence electrons. The lowest BCUT2D eigenvalue weighted by Gasteiger charge is -2.20. The number of fused-ring (bicyclic) bond motifs is 1. The topological polar surface area (TPSA) is 16.1 Å². The molecule has 1 aliphatic carbocycles. The van der Waals surface area contributed by atoms with Crippen molar-refractivity contribution in [1.29, 1.82) is 0 Å². The summed E-state index contributed by atoms with van der Waals surface area (Å²) in [6.07, 6.45) is 4.50. The van der Waals surface area contributed by atoms with Crippen LogP contribution in [0.5, 0.6) is 0 Å². The fourth-order valence-electron chi connectivity index (χ4n) is 3.42. The molecule has 0 unspecified atom stereocenters. The molecule has 4 rings (SSSR count). The van der Waals surface area contributed by atoms with Crippen LogP contribution in [0.3, 0.4) is 0 Å². The Morgan fingerprint density at radius 1 is 0.920 bits per heavy atom. The summed E-state index contributed by atoms with van der Waals surface area (Å²) in [5.41, 5.74) is 4.09. The van der Waals surface area contributed by atoms with Gasteiger partial charge in [-0.15, -0.1) is 0 Å². The average Bonchev–Trinajstić information content (AvgIpc) is 3.44. The van der Waals surface area contributed by atoms with E-state index in [-0.39, 0.29) is 5.41 Å². The number of nitrogens with zero attached hydrogens (tertiary/aromatic N) is 2. The van der Waals surface area contributed by atoms with E-state index in [1.807, 2.05) is 6.20 Å². The molecule has 0 bridgehead atoms. The molecule has 2 heteroatoms. The molecule has 25 heavy (non-hydrogen) atoms. The van der Waals surface area contributed by atoms with E-state index < -0.39 is 0 Å². The minimum absolute atomic E-state index is 0.190. The second-order valence-corrected chi connectivity index (χ2v) is 8.24. The van der Waals surface area contributed by atoms with Gasteiger partial charge in [-0.3, -0.25) is 0 Å². The van der Waals surface area contributed by atoms with Crippen LogP contribution in [0.25, 0.3) is 21.9 Å². The van der Waals surface area contributed by atoms with E-state index in [1.54, 1.807) is 0 Å². The number of aromatic nitrogens is 1. The Morgan fingerprint density at radius 3 is 2.24 bits per heavy atom. The van der Waals surface area contributed by atoms with Crippen LogP contribution in [0, 0.1) is 0 Å². The maximum absolute atomic E-state index is 4.64. The van der Waals surface area contributed by atoms with Crippen molar-refractivity contribution in [2.45, 2.75) is 45.1 Å². The van der Waals surface area contributed by atoms with Gasteiger partial charge < -0.3 is 4.90 Å². The Balaban J connectivity index is 1.72. The highest BCUT2D eigenvalue weighted by atomic mass is 15.2. The monoisotopic (exact) mass is 330 g/mol. The summed E-state index contributed by atoms with van der Waals surface area (Å²) >= 11 is 0. The van der Waals surface area contributed by atoms with Crippen LogP contribution in [0.4, 0.5) is 5.82 Å². The maximum Gasteiger partial charge on any atom is 0.136 e. The lowest BCUT2D eigenvalue weighted by atomic mass is 9.86. The number of pyridine rings is 1. The fraction of sp³-hybridized carbons (Fsp3) is 0.348. The summed E-state index contributed by atoms with van der Waals surface area (Å²) in [7, 11) is 2.17. The first-order chi connectivity index (χ1) is 11.9. The summed E-state index contributed by atoms with van der Waals surface area (Å²) in [5, 5.41) is 2.50. The summed E-state index contributed by atoms with van der Waals surface area (Å²) in [5.74, 6) is 1.11. The Kier molecular flexibility index (Phi) is 3.79. The molecule has 1 fully saturated rings. The molecule has 1 aliphatic rings. The van der Waals surface area contributed by atoms with Crippen LogP contribution in [-0.2, 0) is 5.41 Å². The zero-order valence-corrected chi connectivity index (χ0v) is 15.6. The quantitative estimate of drug-likeness (QED) is 0.603. The Hall–Kier alpha value is -2.35. The van der Waals surface area contributed by atoms with Gasteiger partial charge in [-0.1, -0.05) is 57.2 Å². The van der Waals surface area contributed by atoms with Gasteiger partial charge in [-0.25, -0.2) is 4.98 Å². The smallest absolute Gasteiger partial charge is 0.136 e. The van der Waals surface area contributed by atoms with Gasteiger partial charge in [0.05, 0.1) is 0 Å². The second-order valence-electron chi connectivity index (χ2n) is 8.24. The maximum atomic E-state index is 4.64. The second kappa shape index (κ2) is 5.87. The van der Waals surface area contributed by atoms with Crippen molar-refractivity contribution in [2.75, 3.05) is 11.9 Å². The molecule has 0 atom stereocenters. The molecule has 1 heterocycles. The normalized spacial score (nSPS) is 14.7. The van der Waals surface area contributed by atoms with E-state index in [2.05, 4.69) is 86.2 Å². The molecule has 1 saturated carbocycles. The molecule has 1 aromatic heterocycles. The molecule has 0 radical (unpaired) electrons. The van der Waals surface area contributed by atoms with Crippen LogP contribution in [-0.4, -0.2) is 18.1 Å². The van der Waals surface area contributed by atoms with Crippen LogP contribution >= 0.6 is 0 Å². The van der Waals surface area contributed by atoms with Crippen LogP contribution < -0.4 is 4.90 Å². The number of benzene rings is 2. The molecule has 2 aromatic carbocycles. The van der Waals surface area contributed by atoms with Crippen molar-refractivity contribution in [2.24, 2.45) is 0 Å². The van der Waals surface area contributed by atoms with Gasteiger partial charge in [-0.05, 0) is 52.5 Å². The lowest BCUT2D eigenvalue weighted by Crippen LogP contribution is -2.20. The molecular formula is C23H26N2. The number of anilines is 1. The van der Waals surface area contributed by atoms with Crippen molar-refractivity contribution in [3.8, 4) is 11.1 Å². The molecule has 0 N–H and O–H groups in total. The lowest BCUT2D eigenvalue weighted by molar-refractivity contribution is 0.590. The third kappa shape index (κ3) is 3.13. The highest BCUT2D eigenvalue weighted by molar-refractivity contribution is 5.95. The first-order valence-electron chi connectivity index (χ1n) is 9.16. The zero-order chi connectivity index (χ0) is 17.6. The van der Waals surface area contributed by atoms with E-state index in [4.69, 9.17) is 0 Å². The Morgan fingerprint density at radius 2 is 1.60 bits per heavy atom. The summed E-state index contributed by atoms with van der Waals surface area (Å²) < 4.78 is 0. The fourth-order valence-corrected chi connectivity index (χ4v) is 3.42. The van der Waals surface area contributed by atoms with Crippen molar-refractivity contribution in [1.82, 2.24) is 4.98 Å². The molecule has 0 aliphatic heterocycles. The molecule has 0 amide bonds. The molecular weight excluding hydrogens is 304 g/mol. The largest absolute Gasteiger partial charge is 0.356 e. The van der Waals surface area contributed by atoms with Crippen molar-refractivity contribution >= 4 is 16.6 Å². The highest BCUT2D eigenvalue weighted by Gasteiger charge is 2.28. The number of hydrogen-bond acceptors (Lipinski definition) is 2. The minimum atomic E-state index is 0.190. The van der Waals surface area contributed by atoms with E-state index in [0.717, 1.165) is 5.82 Å². The van der Waals surface area contributed by atoms with Crippen LogP contribution in [0.1, 0.15) is 39.2 Å². The van der Waals surface area contributed by atoms with Gasteiger partial charge in [0.15, 0.2) is 0 Å². The van der Waals surface area contributed by atoms with Crippen LogP contribution in [0.2, 0.25) is 0 Å². The average molecular weight is 330 g/mol. The van der Waals surface area contributed by atoms with Gasteiger partial charge >= 0.3 is 0 Å². The minimum Gasteiger partial charge on any atom is -0.356 e. The SMILES string of the molecule is CN(c1nccc2cc(-c3ccc(C(C)(C)C)cc3)ccc12)C1CC1. The summed E-state index contributed by atoms with van der Waals surface area (Å²) in [6, 6.07) is 18.5. The summed E-state index contributed by atoms with van der Waals surface area (Å²) in [6.45, 7) is 6.76. The van der Waals surface area contributed by atoms with Gasteiger partial charge in [0.2, 0.25) is 0 Å². The van der Waals surface area contributed by atoms with Gasteiger partial charge in [0.1, 0.15) is 5.82 Å². The van der Waals surface area contributed by atoms with E-state index in [0.29, 0.717) is 6.04 Å². The Bertz CT molecular complexity index is 900. The molecule has 0 saturated heterocycles. The predicted molar refractivity (Wildman–Crippen MR) is 107 cm³/mol. The summed E-state index contributed by atoms with van der Waals surface area (Å²) in [4.78, 5) is 6.97. The van der Waals surface area contributed by atoms with Crippen LogP contribution in [0.15, 0.2) is 54.7 Å². The Labute approximate surface area is 150 Å². The van der Waals surface area contributed by atoms with Gasteiger partial charge in [0.25, 0.3) is 0 Å². The molecule has 0 spiro atoms. The molecule has 3 aromatic rings.